The lowest BCUT2D eigenvalue weighted by Gasteiger charge is -2.18. The third-order valence-corrected chi connectivity index (χ3v) is 3.12. The number of carboxylic acids is 1. The van der Waals surface area contributed by atoms with E-state index in [0.29, 0.717) is 22.8 Å². The molecule has 0 saturated heterocycles. The molecule has 0 aliphatic rings. The molecule has 0 amide bonds. The molecule has 5 heteroatoms. The number of carbonyl (C=O) groups is 1. The minimum atomic E-state index is -1.06. The molecule has 0 aliphatic heterocycles. The number of ether oxygens (including phenoxy) is 3. The first kappa shape index (κ1) is 14.7. The van der Waals surface area contributed by atoms with Crippen molar-refractivity contribution in [3.63, 3.8) is 0 Å². The SMILES string of the molecule is COc1cc(C(=O)O)c(-c2ccccc2)c(OC)c1OC. The number of methoxy groups -OCH3 is 3. The Morgan fingerprint density at radius 2 is 1.57 bits per heavy atom. The van der Waals surface area contributed by atoms with E-state index in [1.807, 2.05) is 30.3 Å². The van der Waals surface area contributed by atoms with Crippen LogP contribution < -0.4 is 14.2 Å². The van der Waals surface area contributed by atoms with Crippen molar-refractivity contribution in [1.82, 2.24) is 0 Å². The van der Waals surface area contributed by atoms with Gasteiger partial charge < -0.3 is 19.3 Å². The highest BCUT2D eigenvalue weighted by atomic mass is 16.5. The first-order valence-electron chi connectivity index (χ1n) is 6.25. The maximum absolute atomic E-state index is 11.6. The molecule has 110 valence electrons. The fourth-order valence-corrected chi connectivity index (χ4v) is 2.22. The molecule has 0 unspecified atom stereocenters. The van der Waals surface area contributed by atoms with E-state index in [4.69, 9.17) is 14.2 Å². The average molecular weight is 288 g/mol. The number of hydrogen-bond donors (Lipinski definition) is 1. The summed E-state index contributed by atoms with van der Waals surface area (Å²) in [7, 11) is 4.40. The van der Waals surface area contributed by atoms with Crippen LogP contribution in [-0.2, 0) is 0 Å². The van der Waals surface area contributed by atoms with Gasteiger partial charge in [0, 0.05) is 5.56 Å². The smallest absolute Gasteiger partial charge is 0.336 e. The van der Waals surface area contributed by atoms with E-state index in [2.05, 4.69) is 0 Å². The second kappa shape index (κ2) is 6.17. The van der Waals surface area contributed by atoms with E-state index in [1.54, 1.807) is 0 Å². The van der Waals surface area contributed by atoms with Crippen molar-refractivity contribution in [2.24, 2.45) is 0 Å². The third kappa shape index (κ3) is 2.63. The van der Waals surface area contributed by atoms with Crippen molar-refractivity contribution in [2.45, 2.75) is 0 Å². The first-order valence-corrected chi connectivity index (χ1v) is 6.25. The molecular formula is C16H16O5. The molecule has 0 atom stereocenters. The summed E-state index contributed by atoms with van der Waals surface area (Å²) < 4.78 is 15.9. The molecule has 0 bridgehead atoms. The van der Waals surface area contributed by atoms with E-state index < -0.39 is 5.97 Å². The summed E-state index contributed by atoms with van der Waals surface area (Å²) in [5, 5.41) is 9.48. The Labute approximate surface area is 122 Å². The normalized spacial score (nSPS) is 10.0. The summed E-state index contributed by atoms with van der Waals surface area (Å²) >= 11 is 0. The van der Waals surface area contributed by atoms with E-state index in [1.165, 1.54) is 27.4 Å². The molecule has 5 nitrogen and oxygen atoms in total. The van der Waals surface area contributed by atoms with E-state index >= 15 is 0 Å². The Bertz CT molecular complexity index is 649. The molecule has 0 radical (unpaired) electrons. The van der Waals surface area contributed by atoms with Gasteiger partial charge in [-0.1, -0.05) is 30.3 Å². The van der Waals surface area contributed by atoms with Crippen LogP contribution in [0.5, 0.6) is 17.2 Å². The average Bonchev–Trinajstić information content (AvgIpc) is 2.53. The number of carboxylic acid groups (broad SMARTS) is 1. The predicted octanol–water partition coefficient (Wildman–Crippen LogP) is 3.08. The van der Waals surface area contributed by atoms with E-state index in [-0.39, 0.29) is 5.56 Å². The molecule has 0 aromatic heterocycles. The molecule has 2 aromatic rings. The van der Waals surface area contributed by atoms with Crippen LogP contribution in [0.15, 0.2) is 36.4 Å². The fraction of sp³-hybridized carbons (Fsp3) is 0.188. The summed E-state index contributed by atoms with van der Waals surface area (Å²) in [6.07, 6.45) is 0. The fourth-order valence-electron chi connectivity index (χ4n) is 2.22. The zero-order valence-electron chi connectivity index (χ0n) is 12.0. The van der Waals surface area contributed by atoms with Crippen molar-refractivity contribution >= 4 is 5.97 Å². The van der Waals surface area contributed by atoms with Gasteiger partial charge in [0.05, 0.1) is 26.9 Å². The molecule has 0 aliphatic carbocycles. The first-order chi connectivity index (χ1) is 10.1. The van der Waals surface area contributed by atoms with Crippen molar-refractivity contribution in [3.05, 3.63) is 42.0 Å². The molecule has 0 fully saturated rings. The highest BCUT2D eigenvalue weighted by molar-refractivity contribution is 6.00. The predicted molar refractivity (Wildman–Crippen MR) is 78.5 cm³/mol. The summed E-state index contributed by atoms with van der Waals surface area (Å²) in [6.45, 7) is 0. The second-order valence-corrected chi connectivity index (χ2v) is 4.24. The van der Waals surface area contributed by atoms with Gasteiger partial charge in [-0.15, -0.1) is 0 Å². The lowest BCUT2D eigenvalue weighted by molar-refractivity contribution is 0.0697. The standard InChI is InChI=1S/C16H16O5/c1-19-12-9-11(16(17)18)13(10-7-5-4-6-8-10)15(21-3)14(12)20-2/h4-9H,1-3H3,(H,17,18). The van der Waals surface area contributed by atoms with E-state index in [0.717, 1.165) is 5.56 Å². The Kier molecular flexibility index (Phi) is 4.33. The maximum Gasteiger partial charge on any atom is 0.336 e. The largest absolute Gasteiger partial charge is 0.493 e. The van der Waals surface area contributed by atoms with Crippen LogP contribution in [0.25, 0.3) is 11.1 Å². The quantitative estimate of drug-likeness (QED) is 0.916. The minimum Gasteiger partial charge on any atom is -0.493 e. The lowest BCUT2D eigenvalue weighted by Crippen LogP contribution is -2.05. The molecule has 2 aromatic carbocycles. The topological polar surface area (TPSA) is 65.0 Å². The molecule has 21 heavy (non-hydrogen) atoms. The van der Waals surface area contributed by atoms with Gasteiger partial charge in [0.25, 0.3) is 0 Å². The number of rotatable bonds is 5. The van der Waals surface area contributed by atoms with Gasteiger partial charge in [-0.25, -0.2) is 4.79 Å². The maximum atomic E-state index is 11.6. The zero-order chi connectivity index (χ0) is 15.4. The Balaban J connectivity index is 2.85. The van der Waals surface area contributed by atoms with Gasteiger partial charge in [0.2, 0.25) is 5.75 Å². The van der Waals surface area contributed by atoms with Crippen molar-refractivity contribution in [1.29, 1.82) is 0 Å². The van der Waals surface area contributed by atoms with Crippen LogP contribution in [0.1, 0.15) is 10.4 Å². The molecule has 0 spiro atoms. The monoisotopic (exact) mass is 288 g/mol. The third-order valence-electron chi connectivity index (χ3n) is 3.12. The highest BCUT2D eigenvalue weighted by Gasteiger charge is 2.24. The highest BCUT2D eigenvalue weighted by Crippen LogP contribution is 2.46. The molecule has 0 saturated carbocycles. The summed E-state index contributed by atoms with van der Waals surface area (Å²) in [6, 6.07) is 10.6. The molecular weight excluding hydrogens is 272 g/mol. The van der Waals surface area contributed by atoms with Crippen LogP contribution in [0.4, 0.5) is 0 Å². The van der Waals surface area contributed by atoms with Gasteiger partial charge >= 0.3 is 5.97 Å². The van der Waals surface area contributed by atoms with Crippen molar-refractivity contribution < 1.29 is 24.1 Å². The van der Waals surface area contributed by atoms with Gasteiger partial charge in [-0.2, -0.15) is 0 Å². The van der Waals surface area contributed by atoms with Gasteiger partial charge in [-0.3, -0.25) is 0 Å². The van der Waals surface area contributed by atoms with E-state index in [9.17, 15) is 9.90 Å². The van der Waals surface area contributed by atoms with Gasteiger partial charge in [-0.05, 0) is 11.6 Å². The summed E-state index contributed by atoms with van der Waals surface area (Å²) in [4.78, 5) is 11.6. The van der Waals surface area contributed by atoms with Crippen molar-refractivity contribution in [3.8, 4) is 28.4 Å². The molecule has 0 heterocycles. The Hall–Kier alpha value is -2.69. The van der Waals surface area contributed by atoms with Crippen LogP contribution in [0, 0.1) is 0 Å². The summed E-state index contributed by atoms with van der Waals surface area (Å²) in [5.41, 5.74) is 1.28. The second-order valence-electron chi connectivity index (χ2n) is 4.24. The number of benzene rings is 2. The zero-order valence-corrected chi connectivity index (χ0v) is 12.0. The van der Waals surface area contributed by atoms with Crippen LogP contribution >= 0.6 is 0 Å². The van der Waals surface area contributed by atoms with Crippen LogP contribution in [0.3, 0.4) is 0 Å². The number of hydrogen-bond acceptors (Lipinski definition) is 4. The Morgan fingerprint density at radius 1 is 0.952 bits per heavy atom. The lowest BCUT2D eigenvalue weighted by atomic mass is 9.97. The van der Waals surface area contributed by atoms with Crippen LogP contribution in [-0.4, -0.2) is 32.4 Å². The number of aromatic carboxylic acids is 1. The molecule has 1 N–H and O–H groups in total. The molecule has 2 rings (SSSR count). The van der Waals surface area contributed by atoms with Crippen LogP contribution in [0.2, 0.25) is 0 Å². The van der Waals surface area contributed by atoms with Gasteiger partial charge in [0.1, 0.15) is 0 Å². The van der Waals surface area contributed by atoms with Crippen molar-refractivity contribution in [2.75, 3.05) is 21.3 Å². The summed E-state index contributed by atoms with van der Waals surface area (Å²) in [5.74, 6) is -0.0520. The Morgan fingerprint density at radius 3 is 2.05 bits per heavy atom. The minimum absolute atomic E-state index is 0.0932. The van der Waals surface area contributed by atoms with Gasteiger partial charge in [0.15, 0.2) is 11.5 Å².